The molecule has 1 aromatic rings. The number of rotatable bonds is 2. The zero-order chi connectivity index (χ0) is 10.4. The summed E-state index contributed by atoms with van der Waals surface area (Å²) in [5.74, 6) is -2.55. The van der Waals surface area contributed by atoms with E-state index in [1.54, 1.807) is 6.07 Å². The van der Waals surface area contributed by atoms with Crippen LogP contribution in [0.15, 0.2) is 11.4 Å². The van der Waals surface area contributed by atoms with E-state index in [-0.39, 0.29) is 19.4 Å². The van der Waals surface area contributed by atoms with Crippen molar-refractivity contribution in [2.24, 2.45) is 5.73 Å². The highest BCUT2D eigenvalue weighted by Crippen LogP contribution is 2.53. The van der Waals surface area contributed by atoms with Crippen LogP contribution in [0, 0.1) is 0 Å². The van der Waals surface area contributed by atoms with E-state index in [0.29, 0.717) is 4.34 Å². The zero-order valence-corrected chi connectivity index (χ0v) is 8.97. The van der Waals surface area contributed by atoms with Crippen molar-refractivity contribution in [2.45, 2.75) is 24.2 Å². The molecule has 0 aliphatic heterocycles. The molecule has 1 aliphatic carbocycles. The molecule has 1 heterocycles. The molecule has 0 bridgehead atoms. The molecule has 0 radical (unpaired) electrons. The van der Waals surface area contributed by atoms with Gasteiger partial charge in [-0.15, -0.1) is 11.3 Å². The van der Waals surface area contributed by atoms with Crippen LogP contribution in [0.5, 0.6) is 0 Å². The number of hydrogen-bond acceptors (Lipinski definition) is 2. The van der Waals surface area contributed by atoms with Crippen molar-refractivity contribution in [3.8, 4) is 0 Å². The fourth-order valence-corrected chi connectivity index (χ4v) is 3.00. The van der Waals surface area contributed by atoms with Crippen LogP contribution in [0.2, 0.25) is 4.34 Å². The Kier molecular flexibility index (Phi) is 2.33. The van der Waals surface area contributed by atoms with E-state index in [9.17, 15) is 8.78 Å². The summed E-state index contributed by atoms with van der Waals surface area (Å²) in [7, 11) is 0. The van der Waals surface area contributed by atoms with Crippen molar-refractivity contribution < 1.29 is 8.78 Å². The van der Waals surface area contributed by atoms with E-state index in [4.69, 9.17) is 17.3 Å². The maximum Gasteiger partial charge on any atom is 0.250 e. The molecule has 0 atom stereocenters. The summed E-state index contributed by atoms with van der Waals surface area (Å²) in [4.78, 5) is 0. The summed E-state index contributed by atoms with van der Waals surface area (Å²) in [6, 6.07) is 1.74. The van der Waals surface area contributed by atoms with Gasteiger partial charge in [0.05, 0.1) is 4.34 Å². The van der Waals surface area contributed by atoms with Crippen LogP contribution in [-0.4, -0.2) is 12.5 Å². The average molecular weight is 238 g/mol. The maximum atomic E-state index is 12.8. The molecule has 0 unspecified atom stereocenters. The van der Waals surface area contributed by atoms with Crippen LogP contribution in [0.4, 0.5) is 8.78 Å². The van der Waals surface area contributed by atoms with Crippen molar-refractivity contribution in [1.29, 1.82) is 0 Å². The minimum absolute atomic E-state index is 0.149. The van der Waals surface area contributed by atoms with Gasteiger partial charge in [-0.05, 0) is 17.0 Å². The molecule has 0 aromatic carbocycles. The topological polar surface area (TPSA) is 26.0 Å². The van der Waals surface area contributed by atoms with Crippen LogP contribution in [-0.2, 0) is 5.41 Å². The highest BCUT2D eigenvalue weighted by molar-refractivity contribution is 7.14. The quantitative estimate of drug-likeness (QED) is 0.841. The van der Waals surface area contributed by atoms with E-state index >= 15 is 0 Å². The molecule has 1 nitrogen and oxygen atoms in total. The predicted octanol–water partition coefficient (Wildman–Crippen LogP) is 3.03. The molecule has 0 spiro atoms. The lowest BCUT2D eigenvalue weighted by Gasteiger charge is -2.46. The fourth-order valence-electron chi connectivity index (χ4n) is 1.99. The molecule has 1 aromatic heterocycles. The van der Waals surface area contributed by atoms with Crippen molar-refractivity contribution in [3.63, 3.8) is 0 Å². The van der Waals surface area contributed by atoms with Gasteiger partial charge < -0.3 is 5.73 Å². The molecule has 2 N–H and O–H groups in total. The Morgan fingerprint density at radius 1 is 1.50 bits per heavy atom. The van der Waals surface area contributed by atoms with Gasteiger partial charge in [-0.1, -0.05) is 11.6 Å². The second kappa shape index (κ2) is 3.15. The second-order valence-electron chi connectivity index (χ2n) is 3.83. The SMILES string of the molecule is NCC1(c2csc(Cl)c2)CC(F)(F)C1. The molecular weight excluding hydrogens is 228 g/mol. The lowest BCUT2D eigenvalue weighted by atomic mass is 9.63. The first kappa shape index (κ1) is 10.3. The first-order valence-corrected chi connectivity index (χ1v) is 5.56. The van der Waals surface area contributed by atoms with Gasteiger partial charge in [-0.3, -0.25) is 0 Å². The van der Waals surface area contributed by atoms with E-state index in [1.165, 1.54) is 11.3 Å². The molecule has 5 heteroatoms. The lowest BCUT2D eigenvalue weighted by Crippen LogP contribution is -2.53. The number of hydrogen-bond donors (Lipinski definition) is 1. The van der Waals surface area contributed by atoms with Gasteiger partial charge >= 0.3 is 0 Å². The van der Waals surface area contributed by atoms with Gasteiger partial charge in [-0.2, -0.15) is 0 Å². The molecule has 1 aliphatic rings. The Hall–Kier alpha value is -0.190. The van der Waals surface area contributed by atoms with Crippen LogP contribution in [0.1, 0.15) is 18.4 Å². The third-order valence-electron chi connectivity index (χ3n) is 2.76. The van der Waals surface area contributed by atoms with Gasteiger partial charge in [0, 0.05) is 24.8 Å². The summed E-state index contributed by atoms with van der Waals surface area (Å²) < 4.78 is 26.3. The van der Waals surface area contributed by atoms with Gasteiger partial charge in [0.25, 0.3) is 0 Å². The van der Waals surface area contributed by atoms with Crippen LogP contribution in [0.3, 0.4) is 0 Å². The lowest BCUT2D eigenvalue weighted by molar-refractivity contribution is -0.123. The Morgan fingerprint density at radius 3 is 2.50 bits per heavy atom. The molecule has 14 heavy (non-hydrogen) atoms. The highest BCUT2D eigenvalue weighted by atomic mass is 35.5. The summed E-state index contributed by atoms with van der Waals surface area (Å²) >= 11 is 7.13. The summed E-state index contributed by atoms with van der Waals surface area (Å²) in [6.07, 6.45) is -0.298. The van der Waals surface area contributed by atoms with Gasteiger partial charge in [-0.25, -0.2) is 8.78 Å². The largest absolute Gasteiger partial charge is 0.330 e. The Labute approximate surface area is 89.9 Å². The number of thiophene rings is 1. The third-order valence-corrected chi connectivity index (χ3v) is 3.86. The number of alkyl halides is 2. The summed E-state index contributed by atoms with van der Waals surface area (Å²) in [5, 5.41) is 1.82. The van der Waals surface area contributed by atoms with Crippen molar-refractivity contribution in [1.82, 2.24) is 0 Å². The molecule has 2 rings (SSSR count). The fraction of sp³-hybridized carbons (Fsp3) is 0.556. The highest BCUT2D eigenvalue weighted by Gasteiger charge is 2.56. The van der Waals surface area contributed by atoms with E-state index < -0.39 is 11.3 Å². The molecule has 0 saturated heterocycles. The van der Waals surface area contributed by atoms with Gasteiger partial charge in [0.2, 0.25) is 5.92 Å². The Morgan fingerprint density at radius 2 is 2.14 bits per heavy atom. The second-order valence-corrected chi connectivity index (χ2v) is 5.38. The van der Waals surface area contributed by atoms with Crippen molar-refractivity contribution in [2.75, 3.05) is 6.54 Å². The smallest absolute Gasteiger partial charge is 0.250 e. The minimum Gasteiger partial charge on any atom is -0.330 e. The standard InChI is InChI=1S/C9H10ClF2NS/c10-7-1-6(2-14-7)8(5-13)3-9(11,12)4-8/h1-2H,3-5,13H2. The Balaban J connectivity index is 2.24. The van der Waals surface area contributed by atoms with Crippen molar-refractivity contribution >= 4 is 22.9 Å². The monoisotopic (exact) mass is 237 g/mol. The number of halogens is 3. The van der Waals surface area contributed by atoms with Gasteiger partial charge in [0.1, 0.15) is 0 Å². The minimum atomic E-state index is -2.55. The molecule has 1 saturated carbocycles. The summed E-state index contributed by atoms with van der Waals surface area (Å²) in [5.41, 5.74) is 5.89. The van der Waals surface area contributed by atoms with E-state index in [1.807, 2.05) is 5.38 Å². The molecule has 78 valence electrons. The molecular formula is C9H10ClF2NS. The first-order valence-electron chi connectivity index (χ1n) is 4.30. The van der Waals surface area contributed by atoms with Crippen LogP contribution in [0.25, 0.3) is 0 Å². The normalized spacial score (nSPS) is 23.1. The number of nitrogens with two attached hydrogens (primary N) is 1. The molecule has 0 amide bonds. The molecule has 1 fully saturated rings. The van der Waals surface area contributed by atoms with Crippen LogP contribution < -0.4 is 5.73 Å². The van der Waals surface area contributed by atoms with Crippen LogP contribution >= 0.6 is 22.9 Å². The maximum absolute atomic E-state index is 12.8. The first-order chi connectivity index (χ1) is 6.47. The van der Waals surface area contributed by atoms with Gasteiger partial charge in [0.15, 0.2) is 0 Å². The zero-order valence-electron chi connectivity index (χ0n) is 7.40. The third kappa shape index (κ3) is 1.55. The predicted molar refractivity (Wildman–Crippen MR) is 54.2 cm³/mol. The van der Waals surface area contributed by atoms with E-state index in [0.717, 1.165) is 5.56 Å². The van der Waals surface area contributed by atoms with Crippen molar-refractivity contribution in [3.05, 3.63) is 21.3 Å². The summed E-state index contributed by atoms with van der Waals surface area (Å²) in [6.45, 7) is 0.260. The van der Waals surface area contributed by atoms with E-state index in [2.05, 4.69) is 0 Å². The average Bonchev–Trinajstić information content (AvgIpc) is 2.47. The Bertz CT molecular complexity index is 342.